The highest BCUT2D eigenvalue weighted by Crippen LogP contribution is 2.68. The van der Waals surface area contributed by atoms with Crippen molar-refractivity contribution in [3.05, 3.63) is 140 Å². The summed E-state index contributed by atoms with van der Waals surface area (Å²) in [5.74, 6) is -14.4. The summed E-state index contributed by atoms with van der Waals surface area (Å²) in [4.78, 5) is 1.35. The van der Waals surface area contributed by atoms with Crippen molar-refractivity contribution in [2.24, 2.45) is 0 Å². The van der Waals surface area contributed by atoms with E-state index in [-0.39, 0.29) is 22.4 Å². The van der Waals surface area contributed by atoms with Crippen molar-refractivity contribution in [1.82, 2.24) is 0 Å². The average molecular weight is 751 g/mol. The second-order valence-electron chi connectivity index (χ2n) is 12.9. The number of hydrogen-bond donors (Lipinski definition) is 0. The molecule has 4 aromatic rings. The SMILES string of the molecule is COc1ccc(/C=C/C=C/c2ccc3c(c2)SC(C)(C2=C(c4c(C)sc(/C=C/C=C/c5ccc(OC)cc5)c4C)C(F)(F)C(F)(F)C2(F)F)C3)cc1. The Bertz CT molecular complexity index is 2120. The Morgan fingerprint density at radius 2 is 1.15 bits per heavy atom. The molecule has 52 heavy (non-hydrogen) atoms. The van der Waals surface area contributed by atoms with Crippen molar-refractivity contribution >= 4 is 53.0 Å². The normalized spacial score (nSPS) is 20.6. The van der Waals surface area contributed by atoms with Gasteiger partial charge in [-0.25, -0.2) is 0 Å². The molecule has 1 aliphatic carbocycles. The number of methoxy groups -OCH3 is 2. The summed E-state index contributed by atoms with van der Waals surface area (Å²) in [6.07, 6.45) is 14.2. The van der Waals surface area contributed by atoms with Gasteiger partial charge in [-0.3, -0.25) is 0 Å². The van der Waals surface area contributed by atoms with Crippen LogP contribution in [0.1, 0.15) is 50.1 Å². The number of fused-ring (bicyclic) bond motifs is 1. The zero-order chi connectivity index (χ0) is 37.5. The van der Waals surface area contributed by atoms with E-state index in [2.05, 4.69) is 0 Å². The minimum absolute atomic E-state index is 0.111. The summed E-state index contributed by atoms with van der Waals surface area (Å²) in [5.41, 5.74) is 0.751. The predicted octanol–water partition coefficient (Wildman–Crippen LogP) is 12.6. The maximum Gasteiger partial charge on any atom is 0.380 e. The Morgan fingerprint density at radius 1 is 0.654 bits per heavy atom. The van der Waals surface area contributed by atoms with Crippen LogP contribution in [0, 0.1) is 13.8 Å². The van der Waals surface area contributed by atoms with Crippen LogP contribution < -0.4 is 9.47 Å². The summed E-state index contributed by atoms with van der Waals surface area (Å²) >= 11 is 2.03. The van der Waals surface area contributed by atoms with Gasteiger partial charge in [0.15, 0.2) is 0 Å². The van der Waals surface area contributed by atoms with Gasteiger partial charge in [-0.15, -0.1) is 23.1 Å². The summed E-state index contributed by atoms with van der Waals surface area (Å²) in [6, 6.07) is 20.2. The third-order valence-corrected chi connectivity index (χ3v) is 11.9. The van der Waals surface area contributed by atoms with Crippen LogP contribution in [0.15, 0.2) is 102 Å². The molecular weight excluding hydrogens is 715 g/mol. The van der Waals surface area contributed by atoms with Gasteiger partial charge in [0.1, 0.15) is 11.5 Å². The number of thiophene rings is 1. The molecule has 2 nitrogen and oxygen atoms in total. The molecule has 0 amide bonds. The van der Waals surface area contributed by atoms with Crippen molar-refractivity contribution in [1.29, 1.82) is 0 Å². The number of thioether (sulfide) groups is 1. The molecule has 0 bridgehead atoms. The minimum Gasteiger partial charge on any atom is -0.497 e. The first-order valence-electron chi connectivity index (χ1n) is 16.4. The third-order valence-electron chi connectivity index (χ3n) is 9.33. The monoisotopic (exact) mass is 750 g/mol. The molecule has 3 aromatic carbocycles. The van der Waals surface area contributed by atoms with Gasteiger partial charge >= 0.3 is 17.8 Å². The highest BCUT2D eigenvalue weighted by atomic mass is 32.2. The number of allylic oxidation sites excluding steroid dienone is 5. The van der Waals surface area contributed by atoms with Gasteiger partial charge in [0.2, 0.25) is 0 Å². The number of hydrogen-bond acceptors (Lipinski definition) is 4. The van der Waals surface area contributed by atoms with E-state index in [4.69, 9.17) is 9.47 Å². The molecule has 0 N–H and O–H groups in total. The highest BCUT2D eigenvalue weighted by molar-refractivity contribution is 8.01. The molecule has 0 saturated carbocycles. The van der Waals surface area contributed by atoms with E-state index in [0.29, 0.717) is 21.1 Å². The van der Waals surface area contributed by atoms with E-state index in [9.17, 15) is 0 Å². The Kier molecular flexibility index (Phi) is 10.2. The van der Waals surface area contributed by atoms with Gasteiger partial charge in [-0.1, -0.05) is 78.9 Å². The summed E-state index contributed by atoms with van der Waals surface area (Å²) in [7, 11) is 3.16. The molecule has 2 heterocycles. The quantitative estimate of drug-likeness (QED) is 0.119. The lowest BCUT2D eigenvalue weighted by Crippen LogP contribution is -2.50. The molecule has 0 saturated heterocycles. The van der Waals surface area contributed by atoms with Crippen LogP contribution in [-0.4, -0.2) is 36.7 Å². The van der Waals surface area contributed by atoms with Gasteiger partial charge in [0, 0.05) is 36.1 Å². The Morgan fingerprint density at radius 3 is 1.69 bits per heavy atom. The zero-order valence-corrected chi connectivity index (χ0v) is 30.7. The second-order valence-corrected chi connectivity index (χ2v) is 15.7. The van der Waals surface area contributed by atoms with E-state index < -0.39 is 33.7 Å². The van der Waals surface area contributed by atoms with Crippen LogP contribution in [0.5, 0.6) is 11.5 Å². The molecule has 0 fully saturated rings. The highest BCUT2D eigenvalue weighted by Gasteiger charge is 2.82. The van der Waals surface area contributed by atoms with Gasteiger partial charge in [-0.2, -0.15) is 26.3 Å². The number of alkyl halides is 6. The molecule has 10 heteroatoms. The molecule has 2 aliphatic rings. The smallest absolute Gasteiger partial charge is 0.380 e. The summed E-state index contributed by atoms with van der Waals surface area (Å²) in [5, 5.41) is 0. The molecule has 1 aliphatic heterocycles. The van der Waals surface area contributed by atoms with E-state index in [1.807, 2.05) is 78.9 Å². The van der Waals surface area contributed by atoms with E-state index in [1.54, 1.807) is 50.6 Å². The lowest BCUT2D eigenvalue weighted by molar-refractivity contribution is -0.260. The number of rotatable bonds is 10. The van der Waals surface area contributed by atoms with Gasteiger partial charge < -0.3 is 9.47 Å². The van der Waals surface area contributed by atoms with Crippen molar-refractivity contribution in [2.45, 2.75) is 54.6 Å². The number of benzene rings is 3. The van der Waals surface area contributed by atoms with Crippen LogP contribution in [-0.2, 0) is 6.42 Å². The lowest BCUT2D eigenvalue weighted by Gasteiger charge is -2.31. The minimum atomic E-state index is -5.62. The van der Waals surface area contributed by atoms with Crippen molar-refractivity contribution in [2.75, 3.05) is 14.2 Å². The van der Waals surface area contributed by atoms with Gasteiger partial charge in [0.25, 0.3) is 0 Å². The fourth-order valence-electron chi connectivity index (χ4n) is 6.68. The molecule has 1 atom stereocenters. The van der Waals surface area contributed by atoms with Crippen molar-refractivity contribution in [3.8, 4) is 11.5 Å². The average Bonchev–Trinajstić information content (AvgIpc) is 3.64. The van der Waals surface area contributed by atoms with Crippen molar-refractivity contribution < 1.29 is 35.8 Å². The zero-order valence-electron chi connectivity index (χ0n) is 29.1. The molecule has 270 valence electrons. The van der Waals surface area contributed by atoms with Gasteiger partial charge in [0.05, 0.1) is 14.2 Å². The van der Waals surface area contributed by atoms with Crippen LogP contribution in [0.2, 0.25) is 0 Å². The van der Waals surface area contributed by atoms with Crippen LogP contribution in [0.4, 0.5) is 26.3 Å². The Hall–Kier alpha value is -4.41. The van der Waals surface area contributed by atoms with E-state index in [0.717, 1.165) is 45.5 Å². The number of halogens is 6. The topological polar surface area (TPSA) is 18.5 Å². The molecule has 6 rings (SSSR count). The fraction of sp³-hybridized carbons (Fsp3) is 0.238. The summed E-state index contributed by atoms with van der Waals surface area (Å²) in [6.45, 7) is 4.39. The predicted molar refractivity (Wildman–Crippen MR) is 202 cm³/mol. The molecule has 1 aromatic heterocycles. The first kappa shape index (κ1) is 37.4. The lowest BCUT2D eigenvalue weighted by atomic mass is 9.85. The Labute approximate surface area is 307 Å². The van der Waals surface area contributed by atoms with Crippen molar-refractivity contribution in [3.63, 3.8) is 0 Å². The summed E-state index contributed by atoms with van der Waals surface area (Å²) < 4.78 is 103. The maximum atomic E-state index is 16.0. The second kappa shape index (κ2) is 14.2. The first-order chi connectivity index (χ1) is 24.6. The van der Waals surface area contributed by atoms with Crippen LogP contribution in [0.25, 0.3) is 29.9 Å². The number of aryl methyl sites for hydroxylation is 1. The molecule has 0 radical (unpaired) electrons. The molecular formula is C42H36F6O2S2. The van der Waals surface area contributed by atoms with Crippen LogP contribution >= 0.6 is 23.1 Å². The molecule has 0 spiro atoms. The number of ether oxygens (including phenoxy) is 2. The maximum absolute atomic E-state index is 16.0. The van der Waals surface area contributed by atoms with Gasteiger partial charge in [-0.05, 0) is 91.4 Å². The first-order valence-corrected chi connectivity index (χ1v) is 18.1. The standard InChI is InChI=1S/C42H36F6O2S2/c1-26-34(13-9-8-11-29-17-22-33(50-5)23-18-29)51-27(2)36(26)37-38(41(45,46)42(47,48)40(37,43)44)39(3)25-31-19-14-30(24-35(31)52-39)12-7-6-10-28-15-20-32(49-4)21-16-28/h6-24H,25H2,1-5H3/b10-6+,11-8+,12-7+,13-9+. The fourth-order valence-corrected chi connectivity index (χ4v) is 9.28. The van der Waals surface area contributed by atoms with Crippen LogP contribution in [0.3, 0.4) is 0 Å². The third kappa shape index (κ3) is 6.67. The largest absolute Gasteiger partial charge is 0.497 e. The Balaban J connectivity index is 1.32. The van der Waals surface area contributed by atoms with E-state index in [1.165, 1.54) is 20.8 Å². The van der Waals surface area contributed by atoms with E-state index >= 15 is 26.3 Å². The molecule has 1 unspecified atom stereocenters.